The highest BCUT2D eigenvalue weighted by atomic mass is 35.5. The Kier molecular flexibility index (Phi) is 3.77. The molecule has 0 radical (unpaired) electrons. The number of halogens is 1. The van der Waals surface area contributed by atoms with E-state index in [4.69, 9.17) is 22.4 Å². The molecule has 0 spiro atoms. The SMILES string of the molecule is C#CCCC1(CCn2c(-c3nnco3)cc3ccc(Cl)cc32)NN1. The van der Waals surface area contributed by atoms with E-state index in [0.717, 1.165) is 42.4 Å². The van der Waals surface area contributed by atoms with E-state index < -0.39 is 0 Å². The van der Waals surface area contributed by atoms with Crippen molar-refractivity contribution in [3.63, 3.8) is 0 Å². The van der Waals surface area contributed by atoms with E-state index in [1.165, 1.54) is 6.39 Å². The van der Waals surface area contributed by atoms with Crippen LogP contribution in [0.1, 0.15) is 19.3 Å². The van der Waals surface area contributed by atoms with Crippen LogP contribution in [0.3, 0.4) is 0 Å². The second-order valence-electron chi connectivity index (χ2n) is 5.91. The number of hydrogen-bond acceptors (Lipinski definition) is 5. The fourth-order valence-corrected chi connectivity index (χ4v) is 3.15. The summed E-state index contributed by atoms with van der Waals surface area (Å²) in [6.45, 7) is 0.770. The molecule has 6 nitrogen and oxygen atoms in total. The van der Waals surface area contributed by atoms with E-state index in [1.54, 1.807) is 0 Å². The molecule has 0 atom stereocenters. The smallest absolute Gasteiger partial charge is 0.264 e. The number of hydrazine groups is 1. The molecule has 3 aromatic rings. The molecule has 7 heteroatoms. The number of fused-ring (bicyclic) bond motifs is 1. The third kappa shape index (κ3) is 2.78. The monoisotopic (exact) mass is 341 g/mol. The Morgan fingerprint density at radius 3 is 2.88 bits per heavy atom. The second kappa shape index (κ2) is 5.95. The quantitative estimate of drug-likeness (QED) is 0.531. The minimum absolute atomic E-state index is 0.0896. The molecule has 1 aliphatic rings. The highest BCUT2D eigenvalue weighted by Crippen LogP contribution is 2.31. The van der Waals surface area contributed by atoms with Gasteiger partial charge in [-0.15, -0.1) is 22.5 Å². The Bertz CT molecular complexity index is 905. The standard InChI is InChI=1S/C17H16ClN5O/c1-2-3-6-17(21-22-17)7-8-23-14-10-13(18)5-4-12(14)9-15(23)16-20-19-11-24-16/h1,4-5,9-11,21-22H,3,6-8H2. The van der Waals surface area contributed by atoms with Crippen molar-refractivity contribution in [3.05, 3.63) is 35.7 Å². The van der Waals surface area contributed by atoms with E-state index in [0.29, 0.717) is 10.9 Å². The van der Waals surface area contributed by atoms with Gasteiger partial charge in [0.2, 0.25) is 6.39 Å². The van der Waals surface area contributed by atoms with Crippen molar-refractivity contribution in [2.45, 2.75) is 31.5 Å². The molecule has 4 rings (SSSR count). The van der Waals surface area contributed by atoms with Crippen LogP contribution in [0.5, 0.6) is 0 Å². The third-order valence-corrected chi connectivity index (χ3v) is 4.62. The summed E-state index contributed by atoms with van der Waals surface area (Å²) in [6, 6.07) is 7.87. The normalized spacial score (nSPS) is 15.5. The fourth-order valence-electron chi connectivity index (χ4n) is 2.98. The Labute approximate surface area is 144 Å². The molecule has 24 heavy (non-hydrogen) atoms. The maximum atomic E-state index is 6.18. The van der Waals surface area contributed by atoms with Gasteiger partial charge in [0, 0.05) is 23.4 Å². The van der Waals surface area contributed by atoms with Crippen molar-refractivity contribution in [3.8, 4) is 23.9 Å². The van der Waals surface area contributed by atoms with Gasteiger partial charge in [-0.2, -0.15) is 0 Å². The van der Waals surface area contributed by atoms with Gasteiger partial charge in [0.1, 0.15) is 5.69 Å². The molecule has 2 N–H and O–H groups in total. The minimum Gasteiger partial charge on any atom is -0.422 e. The lowest BCUT2D eigenvalue weighted by molar-refractivity contribution is 0.475. The highest BCUT2D eigenvalue weighted by Gasteiger charge is 2.40. The molecule has 1 saturated heterocycles. The van der Waals surface area contributed by atoms with Gasteiger partial charge in [0.05, 0.1) is 11.2 Å². The second-order valence-corrected chi connectivity index (χ2v) is 6.35. The summed E-state index contributed by atoms with van der Waals surface area (Å²) in [5.74, 6) is 3.19. The third-order valence-electron chi connectivity index (χ3n) is 4.38. The number of benzene rings is 1. The lowest BCUT2D eigenvalue weighted by Crippen LogP contribution is -2.20. The molecule has 1 fully saturated rings. The summed E-state index contributed by atoms with van der Waals surface area (Å²) in [7, 11) is 0. The van der Waals surface area contributed by atoms with E-state index in [-0.39, 0.29) is 5.66 Å². The van der Waals surface area contributed by atoms with E-state index in [2.05, 4.69) is 31.5 Å². The first-order chi connectivity index (χ1) is 11.7. The van der Waals surface area contributed by atoms with Crippen LogP contribution in [0.2, 0.25) is 5.02 Å². The molecule has 122 valence electrons. The molecule has 2 aromatic heterocycles. The summed E-state index contributed by atoms with van der Waals surface area (Å²) >= 11 is 6.18. The van der Waals surface area contributed by atoms with Gasteiger partial charge in [0.25, 0.3) is 5.89 Å². The Balaban J connectivity index is 1.69. The summed E-state index contributed by atoms with van der Waals surface area (Å²) in [5.41, 5.74) is 8.29. The Morgan fingerprint density at radius 1 is 1.29 bits per heavy atom. The summed E-state index contributed by atoms with van der Waals surface area (Å²) in [5, 5.41) is 9.62. The van der Waals surface area contributed by atoms with Crippen LogP contribution in [-0.4, -0.2) is 20.4 Å². The molecular weight excluding hydrogens is 326 g/mol. The maximum absolute atomic E-state index is 6.18. The first-order valence-electron chi connectivity index (χ1n) is 7.74. The molecule has 0 amide bonds. The first kappa shape index (κ1) is 15.2. The van der Waals surface area contributed by atoms with Crippen LogP contribution in [0.25, 0.3) is 22.5 Å². The summed E-state index contributed by atoms with van der Waals surface area (Å²) in [4.78, 5) is 0. The molecule has 1 aliphatic heterocycles. The Morgan fingerprint density at radius 2 is 2.17 bits per heavy atom. The lowest BCUT2D eigenvalue weighted by Gasteiger charge is -2.13. The largest absolute Gasteiger partial charge is 0.422 e. The first-order valence-corrected chi connectivity index (χ1v) is 8.12. The average molecular weight is 342 g/mol. The van der Waals surface area contributed by atoms with Gasteiger partial charge in [0.15, 0.2) is 0 Å². The predicted molar refractivity (Wildman–Crippen MR) is 91.9 cm³/mol. The topological polar surface area (TPSA) is 87.7 Å². The van der Waals surface area contributed by atoms with Crippen molar-refractivity contribution in [1.29, 1.82) is 0 Å². The minimum atomic E-state index is -0.0896. The van der Waals surface area contributed by atoms with Crippen LogP contribution in [0.4, 0.5) is 0 Å². The predicted octanol–water partition coefficient (Wildman–Crippen LogP) is 2.95. The van der Waals surface area contributed by atoms with Gasteiger partial charge in [-0.25, -0.2) is 10.9 Å². The zero-order chi connectivity index (χ0) is 16.6. The van der Waals surface area contributed by atoms with E-state index in [1.807, 2.05) is 24.3 Å². The number of rotatable bonds is 6. The number of terminal acetylenes is 1. The molecule has 0 saturated carbocycles. The zero-order valence-corrected chi connectivity index (χ0v) is 13.7. The van der Waals surface area contributed by atoms with Crippen LogP contribution in [0, 0.1) is 12.3 Å². The van der Waals surface area contributed by atoms with Crippen molar-refractivity contribution in [1.82, 2.24) is 25.6 Å². The van der Waals surface area contributed by atoms with Crippen LogP contribution >= 0.6 is 11.6 Å². The van der Waals surface area contributed by atoms with Crippen molar-refractivity contribution in [2.24, 2.45) is 0 Å². The van der Waals surface area contributed by atoms with Gasteiger partial charge < -0.3 is 8.98 Å². The molecule has 0 unspecified atom stereocenters. The lowest BCUT2D eigenvalue weighted by atomic mass is 10.1. The number of aromatic nitrogens is 3. The molecule has 3 heterocycles. The summed E-state index contributed by atoms with van der Waals surface area (Å²) < 4.78 is 7.56. The van der Waals surface area contributed by atoms with Crippen molar-refractivity contribution < 1.29 is 4.42 Å². The van der Waals surface area contributed by atoms with Crippen molar-refractivity contribution >= 4 is 22.5 Å². The van der Waals surface area contributed by atoms with Gasteiger partial charge in [-0.3, -0.25) is 0 Å². The van der Waals surface area contributed by atoms with E-state index >= 15 is 0 Å². The van der Waals surface area contributed by atoms with Crippen LogP contribution < -0.4 is 10.9 Å². The van der Waals surface area contributed by atoms with Crippen LogP contribution in [-0.2, 0) is 6.54 Å². The van der Waals surface area contributed by atoms with Gasteiger partial charge in [-0.1, -0.05) is 17.7 Å². The average Bonchev–Trinajstić information content (AvgIpc) is 3.00. The zero-order valence-electron chi connectivity index (χ0n) is 12.9. The fraction of sp³-hybridized carbons (Fsp3) is 0.294. The maximum Gasteiger partial charge on any atom is 0.264 e. The Hall–Kier alpha value is -2.33. The van der Waals surface area contributed by atoms with E-state index in [9.17, 15) is 0 Å². The number of aryl methyl sites for hydroxylation is 1. The van der Waals surface area contributed by atoms with Crippen molar-refractivity contribution in [2.75, 3.05) is 0 Å². The van der Waals surface area contributed by atoms with Gasteiger partial charge in [-0.05, 0) is 31.0 Å². The summed E-state index contributed by atoms with van der Waals surface area (Å²) in [6.07, 6.45) is 9.22. The molecule has 0 bridgehead atoms. The number of nitrogens with zero attached hydrogens (tertiary/aromatic N) is 3. The number of nitrogens with one attached hydrogen (secondary N) is 2. The molecule has 1 aromatic carbocycles. The molecular formula is C17H16ClN5O. The number of hydrogen-bond donors (Lipinski definition) is 2. The van der Waals surface area contributed by atoms with Crippen LogP contribution in [0.15, 0.2) is 35.1 Å². The highest BCUT2D eigenvalue weighted by molar-refractivity contribution is 6.31. The molecule has 0 aliphatic carbocycles. The van der Waals surface area contributed by atoms with Gasteiger partial charge >= 0.3 is 0 Å².